The molecule has 1 rings (SSSR count). The maximum atomic E-state index is 6.25. The predicted octanol–water partition coefficient (Wildman–Crippen LogP) is 4.43. The summed E-state index contributed by atoms with van der Waals surface area (Å²) in [6, 6.07) is 5.77. The van der Waals surface area contributed by atoms with Crippen molar-refractivity contribution in [1.82, 2.24) is 5.32 Å². The lowest BCUT2D eigenvalue weighted by atomic mass is 10.1. The van der Waals surface area contributed by atoms with Crippen LogP contribution in [-0.2, 0) is 6.54 Å². The minimum absolute atomic E-state index is 0.550. The van der Waals surface area contributed by atoms with Crippen LogP contribution in [0.4, 0.5) is 0 Å². The van der Waals surface area contributed by atoms with Gasteiger partial charge in [-0.25, -0.2) is 0 Å². The first-order chi connectivity index (χ1) is 9.04. The standard InChI is InChI=1S/C16H24ClNO/c1-5-13(4)11-19-16-8-6-7-15(17)14(16)10-18-9-12(2)3/h6-8,12,18H,4-5,9-11H2,1-3H3. The molecule has 0 spiro atoms. The van der Waals surface area contributed by atoms with E-state index in [0.717, 1.165) is 41.4 Å². The van der Waals surface area contributed by atoms with Crippen LogP contribution in [0, 0.1) is 5.92 Å². The minimum Gasteiger partial charge on any atom is -0.489 e. The van der Waals surface area contributed by atoms with Crippen LogP contribution >= 0.6 is 11.6 Å². The fourth-order valence-corrected chi connectivity index (χ4v) is 1.85. The number of hydrogen-bond donors (Lipinski definition) is 1. The van der Waals surface area contributed by atoms with Crippen molar-refractivity contribution in [2.24, 2.45) is 5.92 Å². The van der Waals surface area contributed by atoms with E-state index < -0.39 is 0 Å². The van der Waals surface area contributed by atoms with Gasteiger partial charge in [0.15, 0.2) is 0 Å². The van der Waals surface area contributed by atoms with E-state index in [9.17, 15) is 0 Å². The summed E-state index contributed by atoms with van der Waals surface area (Å²) in [5, 5.41) is 4.14. The van der Waals surface area contributed by atoms with Gasteiger partial charge in [-0.15, -0.1) is 0 Å². The first-order valence-corrected chi connectivity index (χ1v) is 7.20. The van der Waals surface area contributed by atoms with Gasteiger partial charge < -0.3 is 10.1 Å². The van der Waals surface area contributed by atoms with Crippen LogP contribution in [0.15, 0.2) is 30.4 Å². The zero-order chi connectivity index (χ0) is 14.3. The average molecular weight is 282 g/mol. The van der Waals surface area contributed by atoms with E-state index in [1.807, 2.05) is 18.2 Å². The van der Waals surface area contributed by atoms with Crippen LogP contribution < -0.4 is 10.1 Å². The highest BCUT2D eigenvalue weighted by atomic mass is 35.5. The summed E-state index contributed by atoms with van der Waals surface area (Å²) in [5.74, 6) is 1.46. The number of rotatable bonds is 8. The molecule has 0 aliphatic carbocycles. The van der Waals surface area contributed by atoms with Crippen molar-refractivity contribution < 1.29 is 4.74 Å². The van der Waals surface area contributed by atoms with Crippen molar-refractivity contribution in [3.63, 3.8) is 0 Å². The largest absolute Gasteiger partial charge is 0.489 e. The van der Waals surface area contributed by atoms with Crippen molar-refractivity contribution >= 4 is 11.6 Å². The van der Waals surface area contributed by atoms with Gasteiger partial charge in [0.1, 0.15) is 12.4 Å². The predicted molar refractivity (Wildman–Crippen MR) is 82.9 cm³/mol. The Balaban J connectivity index is 2.68. The molecule has 0 aliphatic heterocycles. The Morgan fingerprint density at radius 3 is 2.79 bits per heavy atom. The molecule has 0 aromatic heterocycles. The molecule has 0 radical (unpaired) electrons. The first-order valence-electron chi connectivity index (χ1n) is 6.82. The Labute approximate surface area is 121 Å². The van der Waals surface area contributed by atoms with Crippen molar-refractivity contribution in [3.8, 4) is 5.75 Å². The van der Waals surface area contributed by atoms with Crippen LogP contribution in [0.5, 0.6) is 5.75 Å². The quantitative estimate of drug-likeness (QED) is 0.712. The number of nitrogens with one attached hydrogen (secondary N) is 1. The Kier molecular flexibility index (Phi) is 6.96. The molecule has 1 aromatic carbocycles. The van der Waals surface area contributed by atoms with Crippen LogP contribution in [-0.4, -0.2) is 13.2 Å². The molecule has 19 heavy (non-hydrogen) atoms. The summed E-state index contributed by atoms with van der Waals surface area (Å²) in [6.45, 7) is 12.6. The Hall–Kier alpha value is -0.990. The van der Waals surface area contributed by atoms with E-state index in [4.69, 9.17) is 16.3 Å². The van der Waals surface area contributed by atoms with Crippen LogP contribution in [0.3, 0.4) is 0 Å². The molecule has 1 N–H and O–H groups in total. The lowest BCUT2D eigenvalue weighted by Crippen LogP contribution is -2.19. The second kappa shape index (κ2) is 8.23. The highest BCUT2D eigenvalue weighted by Crippen LogP contribution is 2.26. The minimum atomic E-state index is 0.550. The topological polar surface area (TPSA) is 21.3 Å². The summed E-state index contributed by atoms with van der Waals surface area (Å²) in [4.78, 5) is 0. The molecule has 0 bridgehead atoms. The molecule has 0 saturated carbocycles. The number of halogens is 1. The number of hydrogen-bond acceptors (Lipinski definition) is 2. The van der Waals surface area contributed by atoms with Gasteiger partial charge in [-0.1, -0.05) is 45.0 Å². The van der Waals surface area contributed by atoms with E-state index in [1.54, 1.807) is 0 Å². The summed E-state index contributed by atoms with van der Waals surface area (Å²) in [5.41, 5.74) is 2.11. The summed E-state index contributed by atoms with van der Waals surface area (Å²) in [7, 11) is 0. The zero-order valence-corrected chi connectivity index (χ0v) is 12.9. The second-order valence-corrected chi connectivity index (χ2v) is 5.54. The highest BCUT2D eigenvalue weighted by molar-refractivity contribution is 6.31. The van der Waals surface area contributed by atoms with E-state index >= 15 is 0 Å². The van der Waals surface area contributed by atoms with Crippen molar-refractivity contribution in [2.75, 3.05) is 13.2 Å². The van der Waals surface area contributed by atoms with Gasteiger partial charge in [-0.2, -0.15) is 0 Å². The molecule has 106 valence electrons. The van der Waals surface area contributed by atoms with Crippen LogP contribution in [0.25, 0.3) is 0 Å². The SMILES string of the molecule is C=C(CC)COc1cccc(Cl)c1CNCC(C)C. The average Bonchev–Trinajstić information content (AvgIpc) is 2.38. The molecule has 0 atom stereocenters. The maximum absolute atomic E-state index is 6.25. The molecule has 0 fully saturated rings. The molecule has 1 aromatic rings. The molecule has 0 heterocycles. The fourth-order valence-electron chi connectivity index (χ4n) is 1.61. The highest BCUT2D eigenvalue weighted by Gasteiger charge is 2.08. The Bertz CT molecular complexity index is 415. The first kappa shape index (κ1) is 16.1. The van der Waals surface area contributed by atoms with Gasteiger partial charge in [-0.05, 0) is 36.6 Å². The zero-order valence-electron chi connectivity index (χ0n) is 12.1. The molecular formula is C16H24ClNO. The summed E-state index contributed by atoms with van der Waals surface area (Å²) >= 11 is 6.25. The second-order valence-electron chi connectivity index (χ2n) is 5.13. The summed E-state index contributed by atoms with van der Waals surface area (Å²) < 4.78 is 5.80. The van der Waals surface area contributed by atoms with Gasteiger partial charge in [0, 0.05) is 17.1 Å². The number of benzene rings is 1. The normalized spacial score (nSPS) is 10.8. The van der Waals surface area contributed by atoms with Gasteiger partial charge in [0.2, 0.25) is 0 Å². The van der Waals surface area contributed by atoms with Gasteiger partial charge in [0.05, 0.1) is 0 Å². The fraction of sp³-hybridized carbons (Fsp3) is 0.500. The maximum Gasteiger partial charge on any atom is 0.125 e. The van der Waals surface area contributed by atoms with Crippen molar-refractivity contribution in [2.45, 2.75) is 33.7 Å². The van der Waals surface area contributed by atoms with E-state index in [-0.39, 0.29) is 0 Å². The third-order valence-electron chi connectivity index (χ3n) is 2.86. The molecule has 0 amide bonds. The lowest BCUT2D eigenvalue weighted by molar-refractivity contribution is 0.344. The molecule has 0 saturated heterocycles. The molecule has 3 heteroatoms. The molecular weight excluding hydrogens is 258 g/mol. The van der Waals surface area contributed by atoms with Crippen LogP contribution in [0.1, 0.15) is 32.8 Å². The smallest absolute Gasteiger partial charge is 0.125 e. The Morgan fingerprint density at radius 1 is 1.42 bits per heavy atom. The molecule has 2 nitrogen and oxygen atoms in total. The van der Waals surface area contributed by atoms with E-state index in [1.165, 1.54) is 0 Å². The molecule has 0 aliphatic rings. The van der Waals surface area contributed by atoms with Gasteiger partial charge in [-0.3, -0.25) is 0 Å². The van der Waals surface area contributed by atoms with Crippen molar-refractivity contribution in [3.05, 3.63) is 40.9 Å². The van der Waals surface area contributed by atoms with Gasteiger partial charge in [0.25, 0.3) is 0 Å². The van der Waals surface area contributed by atoms with E-state index in [0.29, 0.717) is 12.5 Å². The van der Waals surface area contributed by atoms with E-state index in [2.05, 4.69) is 32.7 Å². The lowest BCUT2D eigenvalue weighted by Gasteiger charge is -2.15. The third-order valence-corrected chi connectivity index (χ3v) is 3.22. The molecule has 0 unspecified atom stereocenters. The summed E-state index contributed by atoms with van der Waals surface area (Å²) in [6.07, 6.45) is 0.932. The Morgan fingerprint density at radius 2 is 2.16 bits per heavy atom. The van der Waals surface area contributed by atoms with Gasteiger partial charge >= 0.3 is 0 Å². The monoisotopic (exact) mass is 281 g/mol. The number of ether oxygens (including phenoxy) is 1. The third kappa shape index (κ3) is 5.66. The van der Waals surface area contributed by atoms with Crippen LogP contribution in [0.2, 0.25) is 5.02 Å². The van der Waals surface area contributed by atoms with Crippen molar-refractivity contribution in [1.29, 1.82) is 0 Å².